The summed E-state index contributed by atoms with van der Waals surface area (Å²) in [5.41, 5.74) is 2.23. The van der Waals surface area contributed by atoms with Gasteiger partial charge in [0.15, 0.2) is 12.2 Å². The van der Waals surface area contributed by atoms with Crippen LogP contribution in [-0.4, -0.2) is 15.9 Å². The van der Waals surface area contributed by atoms with Crippen molar-refractivity contribution in [2.24, 2.45) is 0 Å². The van der Waals surface area contributed by atoms with Gasteiger partial charge in [-0.1, -0.05) is 23.7 Å². The summed E-state index contributed by atoms with van der Waals surface area (Å²) in [4.78, 5) is 20.7. The van der Waals surface area contributed by atoms with Gasteiger partial charge in [-0.3, -0.25) is 4.79 Å². The first kappa shape index (κ1) is 19.2. The molecule has 4 aromatic rings. The largest absolute Gasteiger partial charge is 0.486 e. The Balaban J connectivity index is 1.32. The van der Waals surface area contributed by atoms with Crippen molar-refractivity contribution in [1.29, 1.82) is 0 Å². The summed E-state index contributed by atoms with van der Waals surface area (Å²) in [6, 6.07) is 14.5. The van der Waals surface area contributed by atoms with Crippen molar-refractivity contribution in [2.45, 2.75) is 13.0 Å². The number of amides is 1. The molecule has 8 heteroatoms. The van der Waals surface area contributed by atoms with E-state index in [1.807, 2.05) is 29.6 Å². The van der Waals surface area contributed by atoms with Crippen molar-refractivity contribution in [3.63, 3.8) is 0 Å². The number of oxazole rings is 1. The molecule has 0 aliphatic heterocycles. The smallest absolute Gasteiger partial charge is 0.230 e. The second-order valence-corrected chi connectivity index (χ2v) is 7.53. The van der Waals surface area contributed by atoms with E-state index in [0.29, 0.717) is 28.8 Å². The van der Waals surface area contributed by atoms with Gasteiger partial charge in [-0.25, -0.2) is 9.97 Å². The number of halogens is 1. The van der Waals surface area contributed by atoms with Crippen LogP contribution in [0.1, 0.15) is 10.7 Å². The molecule has 146 valence electrons. The summed E-state index contributed by atoms with van der Waals surface area (Å²) in [7, 11) is 0. The maximum Gasteiger partial charge on any atom is 0.230 e. The van der Waals surface area contributed by atoms with E-state index in [1.165, 1.54) is 17.7 Å². The number of hydrogen-bond acceptors (Lipinski definition) is 6. The molecule has 0 fully saturated rings. The molecule has 1 N–H and O–H groups in total. The average Bonchev–Trinajstić information content (AvgIpc) is 3.40. The van der Waals surface area contributed by atoms with Gasteiger partial charge < -0.3 is 14.5 Å². The number of anilines is 1. The Hall–Kier alpha value is -3.16. The van der Waals surface area contributed by atoms with Gasteiger partial charge in [-0.05, 0) is 36.4 Å². The fourth-order valence-corrected chi connectivity index (χ4v) is 3.48. The topological polar surface area (TPSA) is 77.2 Å². The first-order valence-electron chi connectivity index (χ1n) is 8.76. The molecule has 2 aromatic carbocycles. The summed E-state index contributed by atoms with van der Waals surface area (Å²) < 4.78 is 11.0. The van der Waals surface area contributed by atoms with Gasteiger partial charge in [0.05, 0.1) is 18.3 Å². The Labute approximate surface area is 176 Å². The maximum atomic E-state index is 12.4. The maximum absolute atomic E-state index is 12.4. The third-order valence-electron chi connectivity index (χ3n) is 3.98. The minimum atomic E-state index is -0.143. The number of thiazole rings is 1. The van der Waals surface area contributed by atoms with Crippen LogP contribution in [0.2, 0.25) is 5.02 Å². The number of carbonyl (C=O) groups is 1. The Morgan fingerprint density at radius 3 is 2.86 bits per heavy atom. The fraction of sp³-hybridized carbons (Fsp3) is 0.0952. The number of nitrogens with one attached hydrogen (secondary N) is 1. The minimum absolute atomic E-state index is 0.143. The lowest BCUT2D eigenvalue weighted by atomic mass is 10.1. The van der Waals surface area contributed by atoms with E-state index in [-0.39, 0.29) is 12.3 Å². The Morgan fingerprint density at radius 1 is 1.21 bits per heavy atom. The number of benzene rings is 2. The minimum Gasteiger partial charge on any atom is -0.486 e. The number of hydrogen-bond donors (Lipinski definition) is 1. The van der Waals surface area contributed by atoms with E-state index in [0.717, 1.165) is 16.3 Å². The Bertz CT molecular complexity index is 1090. The Morgan fingerprint density at radius 2 is 2.07 bits per heavy atom. The molecule has 0 bridgehead atoms. The fourth-order valence-electron chi connectivity index (χ4n) is 2.65. The molecule has 0 spiro atoms. The third-order valence-corrected chi connectivity index (χ3v) is 5.10. The highest BCUT2D eigenvalue weighted by Gasteiger charge is 2.10. The van der Waals surface area contributed by atoms with Crippen LogP contribution < -0.4 is 10.1 Å². The summed E-state index contributed by atoms with van der Waals surface area (Å²) in [5, 5.41) is 6.21. The molecular formula is C21H16ClN3O3S. The number of rotatable bonds is 7. The molecule has 1 amide bonds. The molecule has 0 saturated carbocycles. The molecule has 2 heterocycles. The van der Waals surface area contributed by atoms with Gasteiger partial charge in [0, 0.05) is 21.7 Å². The zero-order valence-corrected chi connectivity index (χ0v) is 16.7. The first-order chi connectivity index (χ1) is 14.2. The van der Waals surface area contributed by atoms with E-state index >= 15 is 0 Å². The zero-order chi connectivity index (χ0) is 20.1. The van der Waals surface area contributed by atoms with Gasteiger partial charge in [0.25, 0.3) is 0 Å². The second kappa shape index (κ2) is 8.89. The molecule has 4 rings (SSSR count). The van der Waals surface area contributed by atoms with Crippen molar-refractivity contribution in [2.75, 3.05) is 5.32 Å². The van der Waals surface area contributed by atoms with Crippen LogP contribution >= 0.6 is 22.9 Å². The van der Waals surface area contributed by atoms with Gasteiger partial charge in [0.2, 0.25) is 5.91 Å². The number of aromatic nitrogens is 2. The van der Waals surface area contributed by atoms with Crippen LogP contribution in [-0.2, 0) is 17.8 Å². The highest BCUT2D eigenvalue weighted by molar-refractivity contribution is 7.09. The van der Waals surface area contributed by atoms with Gasteiger partial charge in [-0.2, -0.15) is 0 Å². The van der Waals surface area contributed by atoms with Crippen LogP contribution in [0.3, 0.4) is 0 Å². The molecule has 2 aromatic heterocycles. The quantitative estimate of drug-likeness (QED) is 0.439. The second-order valence-electron chi connectivity index (χ2n) is 6.15. The number of carbonyl (C=O) groups excluding carboxylic acids is 1. The molecule has 0 atom stereocenters. The van der Waals surface area contributed by atoms with E-state index in [2.05, 4.69) is 15.3 Å². The van der Waals surface area contributed by atoms with Crippen LogP contribution in [0.15, 0.2) is 70.9 Å². The summed E-state index contributed by atoms with van der Waals surface area (Å²) >= 11 is 7.32. The summed E-state index contributed by atoms with van der Waals surface area (Å²) in [6.45, 7) is 0.340. The van der Waals surface area contributed by atoms with E-state index in [9.17, 15) is 4.79 Å². The summed E-state index contributed by atoms with van der Waals surface area (Å²) in [5.74, 6) is 1.22. The highest BCUT2D eigenvalue weighted by atomic mass is 35.5. The molecule has 6 nitrogen and oxygen atoms in total. The van der Waals surface area contributed by atoms with E-state index in [4.69, 9.17) is 20.8 Å². The lowest BCUT2D eigenvalue weighted by molar-refractivity contribution is -0.115. The van der Waals surface area contributed by atoms with E-state index < -0.39 is 0 Å². The average molecular weight is 426 g/mol. The van der Waals surface area contributed by atoms with Gasteiger partial charge >= 0.3 is 0 Å². The van der Waals surface area contributed by atoms with Crippen molar-refractivity contribution < 1.29 is 13.9 Å². The monoisotopic (exact) mass is 425 g/mol. The lowest BCUT2D eigenvalue weighted by Crippen LogP contribution is -2.14. The molecule has 0 saturated heterocycles. The van der Waals surface area contributed by atoms with E-state index in [1.54, 1.807) is 30.5 Å². The normalized spacial score (nSPS) is 10.7. The number of ether oxygens (including phenoxy) is 1. The zero-order valence-electron chi connectivity index (χ0n) is 15.2. The van der Waals surface area contributed by atoms with Crippen molar-refractivity contribution >= 4 is 34.5 Å². The van der Waals surface area contributed by atoms with Crippen LogP contribution in [0, 0.1) is 0 Å². The predicted octanol–water partition coefficient (Wildman–Crippen LogP) is 5.21. The van der Waals surface area contributed by atoms with Crippen LogP contribution in [0.25, 0.3) is 11.3 Å². The molecule has 0 radical (unpaired) electrons. The summed E-state index contributed by atoms with van der Waals surface area (Å²) in [6.07, 6.45) is 3.19. The highest BCUT2D eigenvalue weighted by Crippen LogP contribution is 2.22. The van der Waals surface area contributed by atoms with Crippen molar-refractivity contribution in [3.05, 3.63) is 82.2 Å². The molecule has 0 aliphatic rings. The molecule has 29 heavy (non-hydrogen) atoms. The SMILES string of the molecule is O=C(Cc1csc(COc2ccc(Cl)cc2)n1)Nc1cccc(-c2cnco2)c1. The lowest BCUT2D eigenvalue weighted by Gasteiger charge is -2.05. The first-order valence-corrected chi connectivity index (χ1v) is 10.0. The molecule has 0 aliphatic carbocycles. The number of nitrogens with zero attached hydrogens (tertiary/aromatic N) is 2. The van der Waals surface area contributed by atoms with Gasteiger partial charge in [-0.15, -0.1) is 11.3 Å². The van der Waals surface area contributed by atoms with Gasteiger partial charge in [0.1, 0.15) is 17.4 Å². The third kappa shape index (κ3) is 5.22. The van der Waals surface area contributed by atoms with Crippen molar-refractivity contribution in [3.8, 4) is 17.1 Å². The van der Waals surface area contributed by atoms with Crippen LogP contribution in [0.4, 0.5) is 5.69 Å². The standard InChI is InChI=1S/C21H16ClN3O3S/c22-15-4-6-18(7-5-15)27-11-21-25-17(12-29-21)9-20(26)24-16-3-1-2-14(8-16)19-10-23-13-28-19/h1-8,10,12-13H,9,11H2,(H,24,26). The predicted molar refractivity (Wildman–Crippen MR) is 112 cm³/mol. The molecular weight excluding hydrogens is 410 g/mol. The van der Waals surface area contributed by atoms with Crippen LogP contribution in [0.5, 0.6) is 5.75 Å². The van der Waals surface area contributed by atoms with Crippen molar-refractivity contribution in [1.82, 2.24) is 9.97 Å². The molecule has 0 unspecified atom stereocenters. The Kier molecular flexibility index (Phi) is 5.88.